The van der Waals surface area contributed by atoms with E-state index in [1.165, 1.54) is 18.2 Å². The molecule has 2 aromatic carbocycles. The predicted octanol–water partition coefficient (Wildman–Crippen LogP) is 3.68. The topological polar surface area (TPSA) is 110 Å². The maximum Gasteiger partial charge on any atom is 0.341 e. The predicted molar refractivity (Wildman–Crippen MR) is 124 cm³/mol. The molecular formula is C23H20N2O6S2. The Hall–Kier alpha value is -3.50. The molecule has 0 unspecified atom stereocenters. The van der Waals surface area contributed by atoms with Crippen LogP contribution in [0.3, 0.4) is 0 Å². The van der Waals surface area contributed by atoms with E-state index in [9.17, 15) is 22.8 Å². The smallest absolute Gasteiger partial charge is 0.341 e. The van der Waals surface area contributed by atoms with Crippen LogP contribution in [-0.4, -0.2) is 43.7 Å². The van der Waals surface area contributed by atoms with E-state index >= 15 is 0 Å². The van der Waals surface area contributed by atoms with E-state index in [0.29, 0.717) is 9.87 Å². The summed E-state index contributed by atoms with van der Waals surface area (Å²) >= 11 is 1.12. The van der Waals surface area contributed by atoms with E-state index in [4.69, 9.17) is 4.74 Å². The highest BCUT2D eigenvalue weighted by Crippen LogP contribution is 2.37. The van der Waals surface area contributed by atoms with Gasteiger partial charge >= 0.3 is 5.97 Å². The highest BCUT2D eigenvalue weighted by atomic mass is 32.2. The number of carbonyl (C=O) groups is 3. The van der Waals surface area contributed by atoms with Crippen LogP contribution in [-0.2, 0) is 19.6 Å². The summed E-state index contributed by atoms with van der Waals surface area (Å²) in [6, 6.07) is 13.3. The number of nitrogens with one attached hydrogen (secondary N) is 1. The summed E-state index contributed by atoms with van der Waals surface area (Å²) in [5, 5.41) is 4.52. The summed E-state index contributed by atoms with van der Waals surface area (Å²) in [5.41, 5.74) is 2.62. The van der Waals surface area contributed by atoms with Gasteiger partial charge in [0.05, 0.1) is 12.2 Å². The van der Waals surface area contributed by atoms with Crippen molar-refractivity contribution >= 4 is 44.1 Å². The molecule has 1 aliphatic rings. The largest absolute Gasteiger partial charge is 0.462 e. The minimum atomic E-state index is -4.13. The van der Waals surface area contributed by atoms with Gasteiger partial charge in [-0.25, -0.2) is 17.5 Å². The minimum absolute atomic E-state index is 0.0234. The number of esters is 1. The molecular weight excluding hydrogens is 464 g/mol. The number of aryl methyl sites for hydroxylation is 1. The van der Waals surface area contributed by atoms with E-state index < -0.39 is 34.4 Å². The van der Waals surface area contributed by atoms with Crippen molar-refractivity contribution < 1.29 is 27.5 Å². The second-order valence-corrected chi connectivity index (χ2v) is 10.0. The fourth-order valence-electron chi connectivity index (χ4n) is 3.49. The molecule has 2 amide bonds. The van der Waals surface area contributed by atoms with Crippen molar-refractivity contribution in [3.63, 3.8) is 0 Å². The van der Waals surface area contributed by atoms with Crippen molar-refractivity contribution in [1.82, 2.24) is 4.31 Å². The average molecular weight is 485 g/mol. The molecule has 0 spiro atoms. The minimum Gasteiger partial charge on any atom is -0.462 e. The number of sulfonamides is 1. The molecule has 1 N–H and O–H groups in total. The molecule has 10 heteroatoms. The Morgan fingerprint density at radius 3 is 2.42 bits per heavy atom. The number of carbonyl (C=O) groups excluding carboxylic acids is 3. The average Bonchev–Trinajstić information content (AvgIpc) is 3.28. The molecule has 3 aromatic rings. The lowest BCUT2D eigenvalue weighted by atomic mass is 10.0. The Morgan fingerprint density at radius 1 is 1.06 bits per heavy atom. The van der Waals surface area contributed by atoms with Crippen LogP contribution in [0.25, 0.3) is 11.1 Å². The molecule has 4 rings (SSSR count). The first-order valence-electron chi connectivity index (χ1n) is 10.1. The van der Waals surface area contributed by atoms with Crippen molar-refractivity contribution in [2.24, 2.45) is 0 Å². The third kappa shape index (κ3) is 4.14. The highest BCUT2D eigenvalue weighted by molar-refractivity contribution is 7.90. The zero-order chi connectivity index (χ0) is 23.8. The van der Waals surface area contributed by atoms with Gasteiger partial charge in [-0.15, -0.1) is 11.3 Å². The molecule has 0 aliphatic carbocycles. The van der Waals surface area contributed by atoms with E-state index in [1.54, 1.807) is 18.4 Å². The number of amides is 2. The fraction of sp³-hybridized carbons (Fsp3) is 0.174. The van der Waals surface area contributed by atoms with Gasteiger partial charge in [-0.1, -0.05) is 42.0 Å². The number of hydrogen-bond acceptors (Lipinski definition) is 7. The van der Waals surface area contributed by atoms with Gasteiger partial charge in [-0.05, 0) is 31.5 Å². The molecule has 0 bridgehead atoms. The summed E-state index contributed by atoms with van der Waals surface area (Å²) in [5.74, 6) is -2.12. The Bertz CT molecular complexity index is 1360. The quantitative estimate of drug-likeness (QED) is 0.535. The summed E-state index contributed by atoms with van der Waals surface area (Å²) in [6.07, 6.45) is 0. The molecule has 0 radical (unpaired) electrons. The van der Waals surface area contributed by atoms with Crippen LogP contribution in [0.2, 0.25) is 0 Å². The molecule has 1 aromatic heterocycles. The van der Waals surface area contributed by atoms with Crippen LogP contribution in [0.1, 0.15) is 33.2 Å². The fourth-order valence-corrected chi connectivity index (χ4v) is 5.98. The highest BCUT2D eigenvalue weighted by Gasteiger charge is 2.42. The van der Waals surface area contributed by atoms with Crippen molar-refractivity contribution in [3.05, 3.63) is 70.6 Å². The SMILES string of the molecule is CCOC(=O)c1c(-c2ccc(C)cc2)csc1NC(=O)CN1C(=O)c2ccccc2S1(=O)=O. The number of rotatable bonds is 6. The first-order chi connectivity index (χ1) is 15.7. The summed E-state index contributed by atoms with van der Waals surface area (Å²) in [7, 11) is -4.13. The van der Waals surface area contributed by atoms with Gasteiger partial charge in [0.2, 0.25) is 5.91 Å². The number of thiophene rings is 1. The van der Waals surface area contributed by atoms with Gasteiger partial charge in [0.15, 0.2) is 0 Å². The zero-order valence-electron chi connectivity index (χ0n) is 17.8. The number of hydrogen-bond donors (Lipinski definition) is 1. The lowest BCUT2D eigenvalue weighted by Gasteiger charge is -2.15. The molecule has 8 nitrogen and oxygen atoms in total. The molecule has 0 atom stereocenters. The molecule has 170 valence electrons. The zero-order valence-corrected chi connectivity index (χ0v) is 19.5. The van der Waals surface area contributed by atoms with Crippen LogP contribution < -0.4 is 5.32 Å². The van der Waals surface area contributed by atoms with Crippen molar-refractivity contribution in [2.75, 3.05) is 18.5 Å². The maximum atomic E-state index is 12.8. The van der Waals surface area contributed by atoms with Crippen molar-refractivity contribution in [3.8, 4) is 11.1 Å². The van der Waals surface area contributed by atoms with Crippen LogP contribution >= 0.6 is 11.3 Å². The van der Waals surface area contributed by atoms with Crippen LogP contribution in [0.5, 0.6) is 0 Å². The standard InChI is InChI=1S/C23H20N2O6S2/c1-3-31-23(28)20-17(15-10-8-14(2)9-11-15)13-32-21(20)24-19(26)12-25-22(27)16-6-4-5-7-18(16)33(25,29)30/h4-11,13H,3,12H2,1-2H3,(H,24,26). The van der Waals surface area contributed by atoms with E-state index in [2.05, 4.69) is 5.32 Å². The first kappa shape index (κ1) is 22.7. The maximum absolute atomic E-state index is 12.8. The third-order valence-corrected chi connectivity index (χ3v) is 7.77. The Labute approximate surface area is 194 Å². The first-order valence-corrected chi connectivity index (χ1v) is 12.4. The third-order valence-electron chi connectivity index (χ3n) is 5.09. The number of nitrogens with zero attached hydrogens (tertiary/aromatic N) is 1. The lowest BCUT2D eigenvalue weighted by molar-refractivity contribution is -0.116. The number of ether oxygens (including phenoxy) is 1. The molecule has 0 saturated carbocycles. The van der Waals surface area contributed by atoms with Crippen LogP contribution in [0.15, 0.2) is 58.8 Å². The van der Waals surface area contributed by atoms with Crippen LogP contribution in [0.4, 0.5) is 5.00 Å². The molecule has 1 aliphatic heterocycles. The Morgan fingerprint density at radius 2 is 1.76 bits per heavy atom. The van der Waals surface area contributed by atoms with Crippen molar-refractivity contribution in [2.45, 2.75) is 18.7 Å². The van der Waals surface area contributed by atoms with Gasteiger partial charge in [0.25, 0.3) is 15.9 Å². The summed E-state index contributed by atoms with van der Waals surface area (Å²) < 4.78 is 31.1. The molecule has 0 fully saturated rings. The monoisotopic (exact) mass is 484 g/mol. The number of fused-ring (bicyclic) bond motifs is 1. The van der Waals surface area contributed by atoms with E-state index in [-0.39, 0.29) is 27.6 Å². The Kier molecular flexibility index (Phi) is 6.05. The second kappa shape index (κ2) is 8.80. The number of benzene rings is 2. The normalized spacial score (nSPS) is 14.1. The van der Waals surface area contributed by atoms with E-state index in [0.717, 1.165) is 22.5 Å². The van der Waals surface area contributed by atoms with Gasteiger partial charge in [-0.2, -0.15) is 0 Å². The lowest BCUT2D eigenvalue weighted by Crippen LogP contribution is -2.37. The Balaban J connectivity index is 1.62. The van der Waals surface area contributed by atoms with Crippen LogP contribution in [0, 0.1) is 6.92 Å². The van der Waals surface area contributed by atoms with Gasteiger partial charge in [-0.3, -0.25) is 9.59 Å². The summed E-state index contributed by atoms with van der Waals surface area (Å²) in [6.45, 7) is 3.06. The van der Waals surface area contributed by atoms with Gasteiger partial charge in [0.1, 0.15) is 22.0 Å². The summed E-state index contributed by atoms with van der Waals surface area (Å²) in [4.78, 5) is 37.9. The molecule has 33 heavy (non-hydrogen) atoms. The second-order valence-electron chi connectivity index (χ2n) is 7.30. The van der Waals surface area contributed by atoms with Gasteiger partial charge < -0.3 is 10.1 Å². The van der Waals surface area contributed by atoms with E-state index in [1.807, 2.05) is 31.2 Å². The molecule has 2 heterocycles. The number of anilines is 1. The van der Waals surface area contributed by atoms with Gasteiger partial charge in [0, 0.05) is 10.9 Å². The van der Waals surface area contributed by atoms with Crippen molar-refractivity contribution in [1.29, 1.82) is 0 Å². The molecule has 0 saturated heterocycles.